The van der Waals surface area contributed by atoms with Crippen molar-refractivity contribution in [1.29, 1.82) is 0 Å². The number of carboxylic acid groups (broad SMARTS) is 1. The Morgan fingerprint density at radius 1 is 1.15 bits per heavy atom. The van der Waals surface area contributed by atoms with Crippen LogP contribution >= 0.6 is 0 Å². The number of carbonyl (C=O) groups is 1. The first kappa shape index (κ1) is 14.0. The van der Waals surface area contributed by atoms with E-state index >= 15 is 0 Å². The molecule has 0 spiro atoms. The summed E-state index contributed by atoms with van der Waals surface area (Å²) in [6.07, 6.45) is -4.40. The largest absolute Gasteiger partial charge is 0.478 e. The van der Waals surface area contributed by atoms with Crippen LogP contribution in [0.1, 0.15) is 21.6 Å². The van der Waals surface area contributed by atoms with Gasteiger partial charge in [0.1, 0.15) is 0 Å². The highest BCUT2D eigenvalue weighted by atomic mass is 19.4. The van der Waals surface area contributed by atoms with E-state index in [9.17, 15) is 18.0 Å². The zero-order chi connectivity index (χ0) is 14.9. The lowest BCUT2D eigenvalue weighted by atomic mass is 10.1. The number of benzene rings is 1. The van der Waals surface area contributed by atoms with Gasteiger partial charge in [0.2, 0.25) is 0 Å². The molecule has 20 heavy (non-hydrogen) atoms. The third-order valence-corrected chi connectivity index (χ3v) is 2.71. The van der Waals surface area contributed by atoms with Gasteiger partial charge < -0.3 is 5.11 Å². The zero-order valence-electron chi connectivity index (χ0n) is 10.4. The van der Waals surface area contributed by atoms with Crippen LogP contribution in [-0.2, 0) is 6.18 Å². The molecule has 0 amide bonds. The van der Waals surface area contributed by atoms with Crippen LogP contribution < -0.4 is 0 Å². The number of aromatic nitrogens is 1. The summed E-state index contributed by atoms with van der Waals surface area (Å²) in [5, 5.41) is 8.95. The molecule has 104 valence electrons. The molecule has 0 bridgehead atoms. The van der Waals surface area contributed by atoms with E-state index in [0.29, 0.717) is 17.0 Å². The monoisotopic (exact) mass is 281 g/mol. The molecule has 6 heteroatoms. The molecule has 3 nitrogen and oxygen atoms in total. The van der Waals surface area contributed by atoms with Crippen molar-refractivity contribution in [2.24, 2.45) is 0 Å². The van der Waals surface area contributed by atoms with Crippen molar-refractivity contribution >= 4 is 5.97 Å². The van der Waals surface area contributed by atoms with Crippen molar-refractivity contribution in [2.75, 3.05) is 0 Å². The molecule has 2 aromatic rings. The number of hydrogen-bond acceptors (Lipinski definition) is 2. The van der Waals surface area contributed by atoms with Crippen LogP contribution in [0, 0.1) is 6.92 Å². The van der Waals surface area contributed by atoms with E-state index in [1.54, 1.807) is 6.92 Å². The normalized spacial score (nSPS) is 11.4. The lowest BCUT2D eigenvalue weighted by molar-refractivity contribution is -0.137. The highest BCUT2D eigenvalue weighted by Crippen LogP contribution is 2.30. The molecule has 0 saturated carbocycles. The lowest BCUT2D eigenvalue weighted by Crippen LogP contribution is -2.04. The summed E-state index contributed by atoms with van der Waals surface area (Å²) in [6, 6.07) is 7.17. The van der Waals surface area contributed by atoms with Gasteiger partial charge in [-0.3, -0.25) is 4.98 Å². The number of halogens is 3. The molecule has 0 aliphatic rings. The Labute approximate surface area is 112 Å². The highest BCUT2D eigenvalue weighted by molar-refractivity contribution is 5.89. The van der Waals surface area contributed by atoms with Crippen molar-refractivity contribution in [3.05, 3.63) is 53.2 Å². The van der Waals surface area contributed by atoms with Crippen molar-refractivity contribution in [2.45, 2.75) is 13.1 Å². The maximum absolute atomic E-state index is 12.5. The molecule has 1 aromatic heterocycles. The summed E-state index contributed by atoms with van der Waals surface area (Å²) in [7, 11) is 0. The average Bonchev–Trinajstić information content (AvgIpc) is 2.37. The molecule has 0 aliphatic heterocycles. The quantitative estimate of drug-likeness (QED) is 0.911. The van der Waals surface area contributed by atoms with Gasteiger partial charge in [0, 0.05) is 11.3 Å². The minimum atomic E-state index is -4.40. The first-order valence-electron chi connectivity index (χ1n) is 5.67. The molecular weight excluding hydrogens is 271 g/mol. The van der Waals surface area contributed by atoms with Crippen molar-refractivity contribution in [3.63, 3.8) is 0 Å². The molecule has 1 N–H and O–H groups in total. The van der Waals surface area contributed by atoms with Gasteiger partial charge >= 0.3 is 12.1 Å². The van der Waals surface area contributed by atoms with E-state index in [1.807, 2.05) is 0 Å². The fourth-order valence-corrected chi connectivity index (χ4v) is 1.77. The van der Waals surface area contributed by atoms with E-state index in [0.717, 1.165) is 12.1 Å². The Bertz CT molecular complexity index is 648. The molecule has 0 unspecified atom stereocenters. The van der Waals surface area contributed by atoms with Crippen molar-refractivity contribution in [1.82, 2.24) is 4.98 Å². The molecule has 0 saturated heterocycles. The molecular formula is C14H10F3NO2. The Morgan fingerprint density at radius 3 is 2.25 bits per heavy atom. The second-order valence-electron chi connectivity index (χ2n) is 4.26. The number of alkyl halides is 3. The van der Waals surface area contributed by atoms with Crippen LogP contribution in [0.25, 0.3) is 11.3 Å². The van der Waals surface area contributed by atoms with Gasteiger partial charge in [0.25, 0.3) is 0 Å². The number of pyridine rings is 1. The summed E-state index contributed by atoms with van der Waals surface area (Å²) in [5.41, 5.74) is 0.542. The summed E-state index contributed by atoms with van der Waals surface area (Å²) in [5.74, 6) is -1.11. The number of aromatic carboxylic acids is 1. The Kier molecular flexibility index (Phi) is 3.48. The number of nitrogens with zero attached hydrogens (tertiary/aromatic N) is 1. The summed E-state index contributed by atoms with van der Waals surface area (Å²) < 4.78 is 37.4. The molecule has 2 rings (SSSR count). The third-order valence-electron chi connectivity index (χ3n) is 2.71. The molecule has 1 heterocycles. The van der Waals surface area contributed by atoms with Gasteiger partial charge in [-0.15, -0.1) is 0 Å². The fraction of sp³-hybridized carbons (Fsp3) is 0.143. The van der Waals surface area contributed by atoms with Crippen LogP contribution in [0.5, 0.6) is 0 Å². The maximum atomic E-state index is 12.5. The van der Waals surface area contributed by atoms with Gasteiger partial charge in [-0.2, -0.15) is 13.2 Å². The zero-order valence-corrected chi connectivity index (χ0v) is 10.4. The van der Waals surface area contributed by atoms with Gasteiger partial charge in [-0.25, -0.2) is 4.79 Å². The molecule has 0 atom stereocenters. The maximum Gasteiger partial charge on any atom is 0.416 e. The highest BCUT2D eigenvalue weighted by Gasteiger charge is 2.30. The number of aryl methyl sites for hydroxylation is 1. The van der Waals surface area contributed by atoms with E-state index in [4.69, 9.17) is 5.11 Å². The van der Waals surface area contributed by atoms with Crippen LogP contribution in [0.4, 0.5) is 13.2 Å². The number of hydrogen-bond donors (Lipinski definition) is 1. The molecule has 0 aliphatic carbocycles. The van der Waals surface area contributed by atoms with Gasteiger partial charge in [0.15, 0.2) is 0 Å². The van der Waals surface area contributed by atoms with Gasteiger partial charge in [0.05, 0.1) is 16.8 Å². The second-order valence-corrected chi connectivity index (χ2v) is 4.26. The molecule has 1 aromatic carbocycles. The van der Waals surface area contributed by atoms with E-state index in [1.165, 1.54) is 24.3 Å². The standard InChI is InChI=1S/C14H10F3NO2/c1-8-6-10(13(19)20)7-12(18-8)9-2-4-11(5-3-9)14(15,16)17/h2-7H,1H3,(H,19,20). The van der Waals surface area contributed by atoms with Crippen LogP contribution in [-0.4, -0.2) is 16.1 Å². The van der Waals surface area contributed by atoms with E-state index in [2.05, 4.69) is 4.98 Å². The van der Waals surface area contributed by atoms with Crippen molar-refractivity contribution in [3.8, 4) is 11.3 Å². The first-order chi connectivity index (χ1) is 9.27. The summed E-state index contributed by atoms with van der Waals surface area (Å²) in [4.78, 5) is 15.1. The van der Waals surface area contributed by atoms with E-state index in [-0.39, 0.29) is 5.56 Å². The predicted molar refractivity (Wildman–Crippen MR) is 66.4 cm³/mol. The molecule has 0 radical (unpaired) electrons. The Morgan fingerprint density at radius 2 is 1.75 bits per heavy atom. The summed E-state index contributed by atoms with van der Waals surface area (Å²) in [6.45, 7) is 1.63. The van der Waals surface area contributed by atoms with Gasteiger partial charge in [-0.05, 0) is 31.2 Å². The minimum Gasteiger partial charge on any atom is -0.478 e. The van der Waals surface area contributed by atoms with Crippen LogP contribution in [0.3, 0.4) is 0 Å². The number of rotatable bonds is 2. The first-order valence-corrected chi connectivity index (χ1v) is 5.67. The average molecular weight is 281 g/mol. The topological polar surface area (TPSA) is 50.2 Å². The third kappa shape index (κ3) is 2.96. The number of carboxylic acids is 1. The van der Waals surface area contributed by atoms with Crippen LogP contribution in [0.15, 0.2) is 36.4 Å². The fourth-order valence-electron chi connectivity index (χ4n) is 1.77. The SMILES string of the molecule is Cc1cc(C(=O)O)cc(-c2ccc(C(F)(F)F)cc2)n1. The molecule has 0 fully saturated rings. The Balaban J connectivity index is 2.44. The van der Waals surface area contributed by atoms with Crippen molar-refractivity contribution < 1.29 is 23.1 Å². The summed E-state index contributed by atoms with van der Waals surface area (Å²) >= 11 is 0. The predicted octanol–water partition coefficient (Wildman–Crippen LogP) is 3.77. The lowest BCUT2D eigenvalue weighted by Gasteiger charge is -2.08. The smallest absolute Gasteiger partial charge is 0.416 e. The van der Waals surface area contributed by atoms with Gasteiger partial charge in [-0.1, -0.05) is 12.1 Å². The Hall–Kier alpha value is -2.37. The second kappa shape index (κ2) is 4.96. The van der Waals surface area contributed by atoms with Crippen LogP contribution in [0.2, 0.25) is 0 Å². The minimum absolute atomic E-state index is 0.0485. The van der Waals surface area contributed by atoms with E-state index < -0.39 is 17.7 Å².